The maximum atomic E-state index is 13.0. The minimum absolute atomic E-state index is 0.0350. The van der Waals surface area contributed by atoms with E-state index in [9.17, 15) is 4.79 Å². The summed E-state index contributed by atoms with van der Waals surface area (Å²) in [6, 6.07) is 20.1. The van der Waals surface area contributed by atoms with Crippen LogP contribution in [0.25, 0.3) is 20.7 Å². The van der Waals surface area contributed by atoms with Crippen molar-refractivity contribution in [2.75, 3.05) is 7.11 Å². The molecule has 0 unspecified atom stereocenters. The Labute approximate surface area is 171 Å². The highest BCUT2D eigenvalue weighted by Gasteiger charge is 2.14. The van der Waals surface area contributed by atoms with E-state index in [0.29, 0.717) is 11.2 Å². The number of rotatable bonds is 6. The van der Waals surface area contributed by atoms with Gasteiger partial charge in [0.25, 0.3) is 5.56 Å². The van der Waals surface area contributed by atoms with Crippen molar-refractivity contribution < 1.29 is 4.74 Å². The molecule has 0 atom stereocenters. The average molecular weight is 409 g/mol. The lowest BCUT2D eigenvalue weighted by atomic mass is 10.2. The predicted octanol–water partition coefficient (Wildman–Crippen LogP) is 5.45. The number of hydrogen-bond donors (Lipinski definition) is 0. The summed E-state index contributed by atoms with van der Waals surface area (Å²) in [5.74, 6) is 1.56. The molecule has 0 radical (unpaired) electrons. The number of benzene rings is 2. The van der Waals surface area contributed by atoms with Crippen LogP contribution in [-0.2, 0) is 12.3 Å². The Morgan fingerprint density at radius 2 is 1.93 bits per heavy atom. The lowest BCUT2D eigenvalue weighted by molar-refractivity contribution is 0.414. The molecule has 0 N–H and O–H groups in total. The quantitative estimate of drug-likeness (QED) is 0.314. The summed E-state index contributed by atoms with van der Waals surface area (Å²) in [6.45, 7) is 2.58. The van der Waals surface area contributed by atoms with E-state index < -0.39 is 0 Å². The third-order valence-corrected chi connectivity index (χ3v) is 6.68. The summed E-state index contributed by atoms with van der Waals surface area (Å²) >= 11 is 3.09. The van der Waals surface area contributed by atoms with Gasteiger partial charge in [-0.05, 0) is 36.2 Å². The molecule has 28 heavy (non-hydrogen) atoms. The van der Waals surface area contributed by atoms with Gasteiger partial charge in [-0.25, -0.2) is 4.98 Å². The lowest BCUT2D eigenvalue weighted by Gasteiger charge is -2.10. The number of fused-ring (bicyclic) bond motifs is 1. The zero-order valence-electron chi connectivity index (χ0n) is 15.7. The van der Waals surface area contributed by atoms with E-state index in [1.807, 2.05) is 49.4 Å². The largest absolute Gasteiger partial charge is 0.497 e. The standard InChI is InChI=1S/C22H20N2O2S2/c1-3-24-21(25)20-18(13-19(28-20)16-9-5-4-6-10-16)23-22(24)27-14-15-8-7-11-17(12-15)26-2/h4-13H,3,14H2,1-2H3. The van der Waals surface area contributed by atoms with Crippen LogP contribution in [0.3, 0.4) is 0 Å². The molecule has 0 amide bonds. The molecular formula is C22H20N2O2S2. The first kappa shape index (κ1) is 18.8. The third kappa shape index (κ3) is 3.70. The van der Waals surface area contributed by atoms with Crippen molar-refractivity contribution in [2.45, 2.75) is 24.4 Å². The molecule has 0 aliphatic heterocycles. The number of thioether (sulfide) groups is 1. The molecule has 0 fully saturated rings. The van der Waals surface area contributed by atoms with Gasteiger partial charge in [0.1, 0.15) is 10.4 Å². The van der Waals surface area contributed by atoms with Crippen LogP contribution < -0.4 is 10.3 Å². The molecule has 4 nitrogen and oxygen atoms in total. The second-order valence-electron chi connectivity index (χ2n) is 6.28. The van der Waals surface area contributed by atoms with Crippen LogP contribution in [0.2, 0.25) is 0 Å². The van der Waals surface area contributed by atoms with Crippen molar-refractivity contribution in [3.05, 3.63) is 76.6 Å². The Morgan fingerprint density at radius 1 is 1.11 bits per heavy atom. The van der Waals surface area contributed by atoms with Crippen molar-refractivity contribution in [2.24, 2.45) is 0 Å². The molecule has 0 bridgehead atoms. The van der Waals surface area contributed by atoms with E-state index in [1.54, 1.807) is 23.4 Å². The number of thiophene rings is 1. The van der Waals surface area contributed by atoms with Gasteiger partial charge in [-0.15, -0.1) is 11.3 Å². The summed E-state index contributed by atoms with van der Waals surface area (Å²) < 4.78 is 7.77. The van der Waals surface area contributed by atoms with E-state index in [1.165, 1.54) is 11.3 Å². The normalized spacial score (nSPS) is 11.1. The molecule has 2 aromatic heterocycles. The van der Waals surface area contributed by atoms with Crippen molar-refractivity contribution in [1.82, 2.24) is 9.55 Å². The van der Waals surface area contributed by atoms with Gasteiger partial charge in [0.05, 0.1) is 12.6 Å². The molecule has 0 aliphatic rings. The maximum Gasteiger partial charge on any atom is 0.272 e. The van der Waals surface area contributed by atoms with Crippen molar-refractivity contribution in [1.29, 1.82) is 0 Å². The first-order chi connectivity index (χ1) is 13.7. The molecule has 6 heteroatoms. The van der Waals surface area contributed by atoms with Gasteiger partial charge in [0, 0.05) is 17.2 Å². The second-order valence-corrected chi connectivity index (χ2v) is 8.27. The van der Waals surface area contributed by atoms with Gasteiger partial charge in [-0.1, -0.05) is 54.2 Å². The molecule has 0 saturated carbocycles. The smallest absolute Gasteiger partial charge is 0.272 e. The minimum Gasteiger partial charge on any atom is -0.497 e. The number of nitrogens with zero attached hydrogens (tertiary/aromatic N) is 2. The minimum atomic E-state index is 0.0350. The van der Waals surface area contributed by atoms with Crippen LogP contribution in [0.4, 0.5) is 0 Å². The second kappa shape index (κ2) is 8.20. The molecule has 0 aliphatic carbocycles. The van der Waals surface area contributed by atoms with Crippen molar-refractivity contribution in [3.63, 3.8) is 0 Å². The molecule has 0 saturated heterocycles. The lowest BCUT2D eigenvalue weighted by Crippen LogP contribution is -2.21. The molecule has 142 valence electrons. The topological polar surface area (TPSA) is 44.1 Å². The summed E-state index contributed by atoms with van der Waals surface area (Å²) in [5.41, 5.74) is 3.05. The summed E-state index contributed by atoms with van der Waals surface area (Å²) in [6.07, 6.45) is 0. The fraction of sp³-hybridized carbons (Fsp3) is 0.182. The van der Waals surface area contributed by atoms with Gasteiger partial charge in [-0.2, -0.15) is 0 Å². The first-order valence-corrected chi connectivity index (χ1v) is 10.9. The highest BCUT2D eigenvalue weighted by Crippen LogP contribution is 2.32. The molecule has 2 aromatic carbocycles. The summed E-state index contributed by atoms with van der Waals surface area (Å²) in [5, 5.41) is 0.750. The van der Waals surface area contributed by atoms with Crippen LogP contribution in [0, 0.1) is 0 Å². The fourth-order valence-corrected chi connectivity index (χ4v) is 5.09. The van der Waals surface area contributed by atoms with Crippen LogP contribution in [0.15, 0.2) is 70.6 Å². The first-order valence-electron chi connectivity index (χ1n) is 9.05. The number of methoxy groups -OCH3 is 1. The monoisotopic (exact) mass is 408 g/mol. The van der Waals surface area contributed by atoms with Gasteiger partial charge in [-0.3, -0.25) is 9.36 Å². The van der Waals surface area contributed by atoms with Crippen LogP contribution >= 0.6 is 23.1 Å². The van der Waals surface area contributed by atoms with Crippen LogP contribution in [-0.4, -0.2) is 16.7 Å². The SMILES string of the molecule is CCn1c(SCc2cccc(OC)c2)nc2cc(-c3ccccc3)sc2c1=O. The Bertz CT molecular complexity index is 1170. The van der Waals surface area contributed by atoms with E-state index >= 15 is 0 Å². The number of ether oxygens (including phenoxy) is 1. The summed E-state index contributed by atoms with van der Waals surface area (Å²) in [7, 11) is 1.66. The number of aromatic nitrogens is 2. The van der Waals surface area contributed by atoms with Gasteiger partial charge in [0.2, 0.25) is 0 Å². The maximum absolute atomic E-state index is 13.0. The third-order valence-electron chi connectivity index (χ3n) is 4.48. The van der Waals surface area contributed by atoms with Crippen LogP contribution in [0.5, 0.6) is 5.75 Å². The zero-order valence-corrected chi connectivity index (χ0v) is 17.3. The molecule has 4 aromatic rings. The highest BCUT2D eigenvalue weighted by molar-refractivity contribution is 7.98. The zero-order chi connectivity index (χ0) is 19.5. The average Bonchev–Trinajstić information content (AvgIpc) is 3.18. The predicted molar refractivity (Wildman–Crippen MR) is 118 cm³/mol. The fourth-order valence-electron chi connectivity index (χ4n) is 3.03. The number of hydrogen-bond acceptors (Lipinski definition) is 5. The van der Waals surface area contributed by atoms with Gasteiger partial charge < -0.3 is 4.74 Å². The van der Waals surface area contributed by atoms with Gasteiger partial charge in [0.15, 0.2) is 5.16 Å². The Morgan fingerprint density at radius 3 is 2.68 bits per heavy atom. The summed E-state index contributed by atoms with van der Waals surface area (Å²) in [4.78, 5) is 18.9. The molecule has 4 rings (SSSR count). The van der Waals surface area contributed by atoms with E-state index in [2.05, 4.69) is 18.2 Å². The van der Waals surface area contributed by atoms with Crippen LogP contribution in [0.1, 0.15) is 12.5 Å². The van der Waals surface area contributed by atoms with Gasteiger partial charge >= 0.3 is 0 Å². The van der Waals surface area contributed by atoms with E-state index in [0.717, 1.165) is 38.2 Å². The van der Waals surface area contributed by atoms with Crippen molar-refractivity contribution in [3.8, 4) is 16.2 Å². The highest BCUT2D eigenvalue weighted by atomic mass is 32.2. The van der Waals surface area contributed by atoms with E-state index in [4.69, 9.17) is 9.72 Å². The Kier molecular flexibility index (Phi) is 5.50. The Balaban J connectivity index is 1.70. The molecule has 2 heterocycles. The molecular weight excluding hydrogens is 388 g/mol. The Hall–Kier alpha value is -2.57. The molecule has 0 spiro atoms. The van der Waals surface area contributed by atoms with Crippen molar-refractivity contribution >= 4 is 33.3 Å². The van der Waals surface area contributed by atoms with E-state index in [-0.39, 0.29) is 5.56 Å².